The lowest BCUT2D eigenvalue weighted by atomic mass is 10.1. The maximum atomic E-state index is 12.6. The van der Waals surface area contributed by atoms with Gasteiger partial charge in [-0.15, -0.1) is 0 Å². The second-order valence-electron chi connectivity index (χ2n) is 5.90. The van der Waals surface area contributed by atoms with Crippen molar-refractivity contribution in [1.29, 1.82) is 0 Å². The zero-order valence-corrected chi connectivity index (χ0v) is 14.8. The summed E-state index contributed by atoms with van der Waals surface area (Å²) in [7, 11) is 3.15. The van der Waals surface area contributed by atoms with E-state index in [0.29, 0.717) is 22.3 Å². The summed E-state index contributed by atoms with van der Waals surface area (Å²) in [5, 5.41) is 4.15. The molecule has 2 aromatic carbocycles. The molecule has 0 saturated heterocycles. The maximum absolute atomic E-state index is 12.6. The van der Waals surface area contributed by atoms with E-state index in [2.05, 4.69) is 10.3 Å². The van der Waals surface area contributed by atoms with Gasteiger partial charge in [-0.25, -0.2) is 0 Å². The van der Waals surface area contributed by atoms with Crippen LogP contribution in [0.15, 0.2) is 53.3 Å². The Morgan fingerprint density at radius 1 is 1.08 bits per heavy atom. The van der Waals surface area contributed by atoms with Gasteiger partial charge in [-0.3, -0.25) is 9.59 Å². The van der Waals surface area contributed by atoms with Gasteiger partial charge in [0, 0.05) is 10.9 Å². The van der Waals surface area contributed by atoms with Gasteiger partial charge in [-0.2, -0.15) is 0 Å². The molecule has 1 heterocycles. The SMILES string of the molecule is COc1ccc(OC)c(C(C)NC(=O)c2cc3ccccc3c(=O)[nH]2)c1. The largest absolute Gasteiger partial charge is 0.497 e. The average Bonchev–Trinajstić information content (AvgIpc) is 2.67. The third-order valence-corrected chi connectivity index (χ3v) is 4.25. The molecule has 134 valence electrons. The molecule has 0 saturated carbocycles. The second kappa shape index (κ2) is 7.31. The minimum absolute atomic E-state index is 0.211. The van der Waals surface area contributed by atoms with E-state index in [1.165, 1.54) is 0 Å². The van der Waals surface area contributed by atoms with Crippen LogP contribution in [0, 0.1) is 0 Å². The molecule has 0 spiro atoms. The Bertz CT molecular complexity index is 1010. The molecule has 0 aliphatic heterocycles. The molecule has 6 heteroatoms. The molecule has 0 bridgehead atoms. The van der Waals surface area contributed by atoms with E-state index >= 15 is 0 Å². The lowest BCUT2D eigenvalue weighted by molar-refractivity contribution is 0.0934. The number of nitrogens with one attached hydrogen (secondary N) is 2. The first-order valence-electron chi connectivity index (χ1n) is 8.18. The van der Waals surface area contributed by atoms with Gasteiger partial charge in [-0.1, -0.05) is 18.2 Å². The molecular formula is C20H20N2O4. The van der Waals surface area contributed by atoms with Gasteiger partial charge in [-0.05, 0) is 42.6 Å². The Morgan fingerprint density at radius 2 is 1.85 bits per heavy atom. The smallest absolute Gasteiger partial charge is 0.268 e. The fraction of sp³-hybridized carbons (Fsp3) is 0.200. The highest BCUT2D eigenvalue weighted by Crippen LogP contribution is 2.29. The number of hydrogen-bond acceptors (Lipinski definition) is 4. The van der Waals surface area contributed by atoms with E-state index in [1.54, 1.807) is 50.6 Å². The van der Waals surface area contributed by atoms with Crippen LogP contribution in [0.25, 0.3) is 10.8 Å². The van der Waals surface area contributed by atoms with Crippen LogP contribution >= 0.6 is 0 Å². The van der Waals surface area contributed by atoms with E-state index in [9.17, 15) is 9.59 Å². The second-order valence-corrected chi connectivity index (χ2v) is 5.90. The number of benzene rings is 2. The van der Waals surface area contributed by atoms with Crippen molar-refractivity contribution in [3.05, 3.63) is 70.1 Å². The number of fused-ring (bicyclic) bond motifs is 1. The first-order valence-corrected chi connectivity index (χ1v) is 8.18. The van der Waals surface area contributed by atoms with Gasteiger partial charge < -0.3 is 19.8 Å². The summed E-state index contributed by atoms with van der Waals surface area (Å²) in [6.07, 6.45) is 0. The predicted octanol–water partition coefficient (Wildman–Crippen LogP) is 3.04. The Hall–Kier alpha value is -3.28. The summed E-state index contributed by atoms with van der Waals surface area (Å²) < 4.78 is 10.6. The summed E-state index contributed by atoms with van der Waals surface area (Å²) in [6, 6.07) is 13.8. The third kappa shape index (κ3) is 3.39. The molecule has 3 rings (SSSR count). The Kier molecular flexibility index (Phi) is 4.93. The van der Waals surface area contributed by atoms with Crippen molar-refractivity contribution < 1.29 is 14.3 Å². The number of amides is 1. The Labute approximate surface area is 150 Å². The van der Waals surface area contributed by atoms with Crippen molar-refractivity contribution in [3.8, 4) is 11.5 Å². The lowest BCUT2D eigenvalue weighted by Gasteiger charge is -2.18. The highest BCUT2D eigenvalue weighted by Gasteiger charge is 2.17. The van der Waals surface area contributed by atoms with Crippen LogP contribution < -0.4 is 20.3 Å². The monoisotopic (exact) mass is 352 g/mol. The molecule has 0 radical (unpaired) electrons. The number of methoxy groups -OCH3 is 2. The molecule has 1 unspecified atom stereocenters. The average molecular weight is 352 g/mol. The number of ether oxygens (including phenoxy) is 2. The van der Waals surface area contributed by atoms with Crippen molar-refractivity contribution in [2.75, 3.05) is 14.2 Å². The molecule has 26 heavy (non-hydrogen) atoms. The van der Waals surface area contributed by atoms with E-state index in [-0.39, 0.29) is 23.2 Å². The maximum Gasteiger partial charge on any atom is 0.268 e. The Balaban J connectivity index is 1.89. The van der Waals surface area contributed by atoms with Gasteiger partial charge in [0.05, 0.1) is 20.3 Å². The summed E-state index contributed by atoms with van der Waals surface area (Å²) in [4.78, 5) is 27.4. The molecule has 1 atom stereocenters. The van der Waals surface area contributed by atoms with Crippen molar-refractivity contribution in [3.63, 3.8) is 0 Å². The van der Waals surface area contributed by atoms with E-state index in [0.717, 1.165) is 5.56 Å². The summed E-state index contributed by atoms with van der Waals surface area (Å²) in [6.45, 7) is 1.84. The summed E-state index contributed by atoms with van der Waals surface area (Å²) in [5.74, 6) is 0.942. The normalized spacial score (nSPS) is 11.8. The lowest BCUT2D eigenvalue weighted by Crippen LogP contribution is -2.29. The molecule has 6 nitrogen and oxygen atoms in total. The third-order valence-electron chi connectivity index (χ3n) is 4.25. The molecule has 0 aliphatic carbocycles. The number of aromatic nitrogens is 1. The fourth-order valence-corrected chi connectivity index (χ4v) is 2.86. The van der Waals surface area contributed by atoms with Crippen LogP contribution in [-0.4, -0.2) is 25.1 Å². The number of aromatic amines is 1. The number of carbonyl (C=O) groups is 1. The van der Waals surface area contributed by atoms with Crippen molar-refractivity contribution >= 4 is 16.7 Å². The van der Waals surface area contributed by atoms with Crippen LogP contribution in [0.1, 0.15) is 29.0 Å². The zero-order valence-electron chi connectivity index (χ0n) is 14.8. The van der Waals surface area contributed by atoms with Crippen LogP contribution in [-0.2, 0) is 0 Å². The number of rotatable bonds is 5. The zero-order chi connectivity index (χ0) is 18.7. The van der Waals surface area contributed by atoms with Gasteiger partial charge in [0.2, 0.25) is 0 Å². The van der Waals surface area contributed by atoms with Crippen LogP contribution in [0.4, 0.5) is 0 Å². The van der Waals surface area contributed by atoms with Crippen molar-refractivity contribution in [2.45, 2.75) is 13.0 Å². The van der Waals surface area contributed by atoms with Crippen molar-refractivity contribution in [2.24, 2.45) is 0 Å². The van der Waals surface area contributed by atoms with Gasteiger partial charge >= 0.3 is 0 Å². The number of H-pyrrole nitrogens is 1. The molecule has 1 aromatic heterocycles. The Morgan fingerprint density at radius 3 is 2.58 bits per heavy atom. The minimum Gasteiger partial charge on any atom is -0.497 e. The molecule has 0 aliphatic rings. The first kappa shape index (κ1) is 17.5. The van der Waals surface area contributed by atoms with Crippen LogP contribution in [0.2, 0.25) is 0 Å². The number of hydrogen-bond donors (Lipinski definition) is 2. The standard InChI is InChI=1S/C20H20N2O4/c1-12(16-11-14(25-2)8-9-18(16)26-3)21-20(24)17-10-13-6-4-5-7-15(13)19(23)22-17/h4-12H,1-3H3,(H,21,24)(H,22,23). The quantitative estimate of drug-likeness (QED) is 0.740. The van der Waals surface area contributed by atoms with Gasteiger partial charge in [0.25, 0.3) is 11.5 Å². The summed E-state index contributed by atoms with van der Waals surface area (Å²) in [5.41, 5.74) is 0.700. The molecule has 1 amide bonds. The molecular weight excluding hydrogens is 332 g/mol. The fourth-order valence-electron chi connectivity index (χ4n) is 2.86. The molecule has 3 aromatic rings. The van der Waals surface area contributed by atoms with Gasteiger partial charge in [0.1, 0.15) is 17.2 Å². The first-order chi connectivity index (χ1) is 12.5. The van der Waals surface area contributed by atoms with Crippen LogP contribution in [0.5, 0.6) is 11.5 Å². The molecule has 2 N–H and O–H groups in total. The minimum atomic E-state index is -0.370. The van der Waals surface area contributed by atoms with E-state index in [4.69, 9.17) is 9.47 Å². The topological polar surface area (TPSA) is 80.4 Å². The van der Waals surface area contributed by atoms with Crippen LogP contribution in [0.3, 0.4) is 0 Å². The molecule has 0 fully saturated rings. The van der Waals surface area contributed by atoms with Gasteiger partial charge in [0.15, 0.2) is 0 Å². The number of pyridine rings is 1. The number of carbonyl (C=O) groups excluding carboxylic acids is 1. The predicted molar refractivity (Wildman–Crippen MR) is 100.0 cm³/mol. The van der Waals surface area contributed by atoms with E-state index < -0.39 is 0 Å². The van der Waals surface area contributed by atoms with E-state index in [1.807, 2.05) is 19.1 Å². The summed E-state index contributed by atoms with van der Waals surface area (Å²) >= 11 is 0. The highest BCUT2D eigenvalue weighted by molar-refractivity contribution is 5.96. The highest BCUT2D eigenvalue weighted by atomic mass is 16.5. The van der Waals surface area contributed by atoms with Crippen molar-refractivity contribution in [1.82, 2.24) is 10.3 Å².